The molecule has 152 valence electrons. The Morgan fingerprint density at radius 1 is 0.897 bits per heavy atom. The average molecular weight is 431 g/mol. The number of thioether (sulfide) groups is 2. The van der Waals surface area contributed by atoms with Crippen LogP contribution in [0.5, 0.6) is 11.5 Å². The van der Waals surface area contributed by atoms with E-state index in [0.717, 1.165) is 6.42 Å². The summed E-state index contributed by atoms with van der Waals surface area (Å²) in [7, 11) is 0. The third-order valence-corrected chi connectivity index (χ3v) is 7.66. The highest BCUT2D eigenvalue weighted by Crippen LogP contribution is 2.43. The van der Waals surface area contributed by atoms with Gasteiger partial charge in [-0.15, -0.1) is 23.5 Å². The molecule has 7 heteroatoms. The molecule has 2 heterocycles. The summed E-state index contributed by atoms with van der Waals surface area (Å²) in [6, 6.07) is 12.5. The number of hydrogen-bond donors (Lipinski definition) is 0. The van der Waals surface area contributed by atoms with Gasteiger partial charge in [0.25, 0.3) is 0 Å². The summed E-state index contributed by atoms with van der Waals surface area (Å²) >= 11 is 3.87. The highest BCUT2D eigenvalue weighted by Gasteiger charge is 2.18. The number of Topliss-reactive ketones (excluding diaryl/α,β-unsaturated/α-hetero) is 1. The van der Waals surface area contributed by atoms with Gasteiger partial charge in [0, 0.05) is 12.0 Å². The number of benzene rings is 2. The molecule has 29 heavy (non-hydrogen) atoms. The van der Waals surface area contributed by atoms with E-state index in [1.54, 1.807) is 30.3 Å². The Balaban J connectivity index is 1.34. The minimum Gasteiger partial charge on any atom is -0.490 e. The minimum absolute atomic E-state index is 0.277. The van der Waals surface area contributed by atoms with E-state index >= 15 is 0 Å². The lowest BCUT2D eigenvalue weighted by molar-refractivity contribution is 0.0474. The SMILES string of the molecule is O=C(COC(=O)c1ccc(C2SCCCS2)cc1)c1ccc2c(c1)OCCCO2. The van der Waals surface area contributed by atoms with E-state index in [1.165, 1.54) is 23.5 Å². The van der Waals surface area contributed by atoms with E-state index in [2.05, 4.69) is 0 Å². The van der Waals surface area contributed by atoms with Gasteiger partial charge in [0.05, 0.1) is 23.4 Å². The van der Waals surface area contributed by atoms with Crippen molar-refractivity contribution in [1.82, 2.24) is 0 Å². The van der Waals surface area contributed by atoms with E-state index in [0.29, 0.717) is 40.4 Å². The van der Waals surface area contributed by atoms with E-state index in [4.69, 9.17) is 14.2 Å². The van der Waals surface area contributed by atoms with Gasteiger partial charge in [-0.1, -0.05) is 12.1 Å². The molecule has 0 spiro atoms. The van der Waals surface area contributed by atoms with Gasteiger partial charge in [-0.3, -0.25) is 4.79 Å². The number of esters is 1. The van der Waals surface area contributed by atoms with Crippen LogP contribution < -0.4 is 9.47 Å². The minimum atomic E-state index is -0.497. The quantitative estimate of drug-likeness (QED) is 0.501. The maximum absolute atomic E-state index is 12.4. The van der Waals surface area contributed by atoms with E-state index in [-0.39, 0.29) is 12.4 Å². The van der Waals surface area contributed by atoms with Crippen LogP contribution in [-0.4, -0.2) is 43.1 Å². The first kappa shape index (κ1) is 20.2. The summed E-state index contributed by atoms with van der Waals surface area (Å²) in [5, 5.41) is 0. The van der Waals surface area contributed by atoms with E-state index < -0.39 is 5.97 Å². The van der Waals surface area contributed by atoms with Crippen molar-refractivity contribution < 1.29 is 23.8 Å². The van der Waals surface area contributed by atoms with Crippen molar-refractivity contribution in [2.24, 2.45) is 0 Å². The molecule has 0 radical (unpaired) electrons. The van der Waals surface area contributed by atoms with Crippen LogP contribution >= 0.6 is 23.5 Å². The summed E-state index contributed by atoms with van der Waals surface area (Å²) < 4.78 is 16.8. The van der Waals surface area contributed by atoms with Gasteiger partial charge >= 0.3 is 5.97 Å². The lowest BCUT2D eigenvalue weighted by atomic mass is 10.1. The zero-order valence-corrected chi connectivity index (χ0v) is 17.6. The fourth-order valence-corrected chi connectivity index (χ4v) is 5.99. The van der Waals surface area contributed by atoms with Crippen molar-refractivity contribution in [2.45, 2.75) is 17.4 Å². The summed E-state index contributed by atoms with van der Waals surface area (Å²) in [5.74, 6) is 2.75. The zero-order valence-electron chi connectivity index (χ0n) is 15.9. The van der Waals surface area contributed by atoms with Gasteiger partial charge in [-0.25, -0.2) is 4.79 Å². The van der Waals surface area contributed by atoms with Crippen LogP contribution in [0, 0.1) is 0 Å². The molecule has 0 amide bonds. The molecule has 0 bridgehead atoms. The number of hydrogen-bond acceptors (Lipinski definition) is 7. The molecular formula is C22H22O5S2. The van der Waals surface area contributed by atoms with Crippen molar-refractivity contribution >= 4 is 35.3 Å². The Labute approximate surface area is 178 Å². The van der Waals surface area contributed by atoms with Crippen molar-refractivity contribution in [3.05, 3.63) is 59.2 Å². The summed E-state index contributed by atoms with van der Waals surface area (Å²) in [5.41, 5.74) is 2.09. The van der Waals surface area contributed by atoms with E-state index in [1.807, 2.05) is 35.7 Å². The molecule has 0 N–H and O–H groups in total. The second-order valence-electron chi connectivity index (χ2n) is 6.76. The van der Waals surface area contributed by atoms with Gasteiger partial charge in [0.1, 0.15) is 0 Å². The molecule has 2 aromatic rings. The molecule has 2 aromatic carbocycles. The number of carbonyl (C=O) groups excluding carboxylic acids is 2. The van der Waals surface area contributed by atoms with Gasteiger partial charge in [-0.2, -0.15) is 0 Å². The molecule has 0 unspecified atom stereocenters. The highest BCUT2D eigenvalue weighted by molar-refractivity contribution is 8.16. The first-order valence-corrected chi connectivity index (χ1v) is 11.7. The number of rotatable bonds is 5. The summed E-state index contributed by atoms with van der Waals surface area (Å²) in [6.45, 7) is 0.830. The van der Waals surface area contributed by atoms with Crippen LogP contribution in [0.4, 0.5) is 0 Å². The van der Waals surface area contributed by atoms with Crippen molar-refractivity contribution in [2.75, 3.05) is 31.3 Å². The summed E-state index contributed by atoms with van der Waals surface area (Å²) in [4.78, 5) is 24.8. The maximum Gasteiger partial charge on any atom is 0.338 e. The predicted octanol–water partition coefficient (Wildman–Crippen LogP) is 4.76. The van der Waals surface area contributed by atoms with Gasteiger partial charge in [0.15, 0.2) is 23.9 Å². The van der Waals surface area contributed by atoms with Crippen LogP contribution in [0.25, 0.3) is 0 Å². The van der Waals surface area contributed by atoms with Gasteiger partial charge in [0.2, 0.25) is 0 Å². The standard InChI is InChI=1S/C22H22O5S2/c23-18(17-7-8-19-20(13-17)26-10-1-9-25-19)14-27-21(24)15-3-5-16(6-4-15)22-28-11-2-12-29-22/h3-8,13,22H,1-2,9-12,14H2. The fraction of sp³-hybridized carbons (Fsp3) is 0.364. The third kappa shape index (κ3) is 5.08. The average Bonchev–Trinajstić information content (AvgIpc) is 3.03. The molecular weight excluding hydrogens is 408 g/mol. The molecule has 1 saturated heterocycles. The zero-order chi connectivity index (χ0) is 20.1. The lowest BCUT2D eigenvalue weighted by Crippen LogP contribution is -2.14. The van der Waals surface area contributed by atoms with Gasteiger partial charge < -0.3 is 14.2 Å². The van der Waals surface area contributed by atoms with Crippen LogP contribution in [-0.2, 0) is 4.74 Å². The lowest BCUT2D eigenvalue weighted by Gasteiger charge is -2.21. The van der Waals surface area contributed by atoms with Crippen LogP contribution in [0.1, 0.15) is 43.7 Å². The van der Waals surface area contributed by atoms with E-state index in [9.17, 15) is 9.59 Å². The first-order valence-electron chi connectivity index (χ1n) is 9.64. The fourth-order valence-electron chi connectivity index (χ4n) is 3.09. The molecule has 0 aromatic heterocycles. The van der Waals surface area contributed by atoms with Crippen LogP contribution in [0.3, 0.4) is 0 Å². The number of ketones is 1. The molecule has 0 saturated carbocycles. The Kier molecular flexibility index (Phi) is 6.67. The number of fused-ring (bicyclic) bond motifs is 1. The number of ether oxygens (including phenoxy) is 3. The topological polar surface area (TPSA) is 61.8 Å². The van der Waals surface area contributed by atoms with Crippen LogP contribution in [0.15, 0.2) is 42.5 Å². The molecule has 2 aliphatic rings. The Morgan fingerprint density at radius 3 is 2.34 bits per heavy atom. The Bertz CT molecular complexity index is 875. The molecule has 2 aliphatic heterocycles. The monoisotopic (exact) mass is 430 g/mol. The predicted molar refractivity (Wildman–Crippen MR) is 115 cm³/mol. The Hall–Kier alpha value is -2.12. The largest absolute Gasteiger partial charge is 0.490 e. The first-order chi connectivity index (χ1) is 14.2. The molecule has 1 fully saturated rings. The third-order valence-electron chi connectivity index (χ3n) is 4.65. The molecule has 0 atom stereocenters. The molecule has 5 nitrogen and oxygen atoms in total. The van der Waals surface area contributed by atoms with Crippen molar-refractivity contribution in [3.8, 4) is 11.5 Å². The molecule has 4 rings (SSSR count). The molecule has 0 aliphatic carbocycles. The van der Waals surface area contributed by atoms with Crippen molar-refractivity contribution in [3.63, 3.8) is 0 Å². The van der Waals surface area contributed by atoms with Gasteiger partial charge in [-0.05, 0) is 53.8 Å². The van der Waals surface area contributed by atoms with Crippen molar-refractivity contribution in [1.29, 1.82) is 0 Å². The smallest absolute Gasteiger partial charge is 0.338 e. The second-order valence-corrected chi connectivity index (χ2v) is 9.48. The van der Waals surface area contributed by atoms with Crippen LogP contribution in [0.2, 0.25) is 0 Å². The highest BCUT2D eigenvalue weighted by atomic mass is 32.2. The number of carbonyl (C=O) groups is 2. The Morgan fingerprint density at radius 2 is 1.59 bits per heavy atom. The summed E-state index contributed by atoms with van der Waals surface area (Å²) in [6.07, 6.45) is 2.04. The maximum atomic E-state index is 12.4. The normalized spacial score (nSPS) is 16.7. The second kappa shape index (κ2) is 9.59.